The SMILES string of the molecule is O=C(OCC1CC1)c1cc(F)cc(S(=O)(=O)Cl)c1F. The summed E-state index contributed by atoms with van der Waals surface area (Å²) in [4.78, 5) is 10.5. The standard InChI is InChI=1S/C11H9ClF2O4S/c12-19(16,17)9-4-7(13)3-8(10(9)14)11(15)18-5-6-1-2-6/h3-4,6H,1-2,5H2. The summed E-state index contributed by atoms with van der Waals surface area (Å²) in [5.41, 5.74) is -0.778. The van der Waals surface area contributed by atoms with E-state index in [0.29, 0.717) is 12.1 Å². The summed E-state index contributed by atoms with van der Waals surface area (Å²) in [5.74, 6) is -3.35. The number of carbonyl (C=O) groups excluding carboxylic acids is 1. The van der Waals surface area contributed by atoms with Gasteiger partial charge in [-0.1, -0.05) is 0 Å². The molecule has 1 aliphatic rings. The van der Waals surface area contributed by atoms with E-state index in [-0.39, 0.29) is 12.5 Å². The molecule has 0 amide bonds. The van der Waals surface area contributed by atoms with Gasteiger partial charge in [0.15, 0.2) is 5.82 Å². The second kappa shape index (κ2) is 5.05. The van der Waals surface area contributed by atoms with Gasteiger partial charge in [-0.3, -0.25) is 0 Å². The smallest absolute Gasteiger partial charge is 0.341 e. The zero-order valence-corrected chi connectivity index (χ0v) is 11.1. The maximum absolute atomic E-state index is 13.8. The maximum Gasteiger partial charge on any atom is 0.341 e. The first-order valence-corrected chi connectivity index (χ1v) is 7.71. The first kappa shape index (κ1) is 14.2. The molecule has 1 aromatic carbocycles. The van der Waals surface area contributed by atoms with E-state index in [2.05, 4.69) is 0 Å². The van der Waals surface area contributed by atoms with Crippen molar-refractivity contribution in [3.8, 4) is 0 Å². The molecule has 0 atom stereocenters. The lowest BCUT2D eigenvalue weighted by atomic mass is 10.2. The molecule has 0 aliphatic heterocycles. The fraction of sp³-hybridized carbons (Fsp3) is 0.364. The summed E-state index contributed by atoms with van der Waals surface area (Å²) in [6.45, 7) is 0.109. The van der Waals surface area contributed by atoms with Gasteiger partial charge in [-0.25, -0.2) is 22.0 Å². The number of benzene rings is 1. The second-order valence-electron chi connectivity index (χ2n) is 4.25. The predicted octanol–water partition coefficient (Wildman–Crippen LogP) is 2.46. The van der Waals surface area contributed by atoms with Gasteiger partial charge in [-0.05, 0) is 30.9 Å². The number of hydrogen-bond donors (Lipinski definition) is 0. The van der Waals surface area contributed by atoms with Crippen molar-refractivity contribution in [3.05, 3.63) is 29.3 Å². The van der Waals surface area contributed by atoms with Crippen molar-refractivity contribution in [2.75, 3.05) is 6.61 Å². The maximum atomic E-state index is 13.8. The normalized spacial score (nSPS) is 15.3. The fourth-order valence-corrected chi connectivity index (χ4v) is 2.36. The van der Waals surface area contributed by atoms with Crippen molar-refractivity contribution in [1.29, 1.82) is 0 Å². The molecule has 1 fully saturated rings. The number of hydrogen-bond acceptors (Lipinski definition) is 4. The van der Waals surface area contributed by atoms with Crippen LogP contribution in [-0.2, 0) is 13.8 Å². The molecule has 0 radical (unpaired) electrons. The molecule has 0 spiro atoms. The molecular formula is C11H9ClF2O4S. The lowest BCUT2D eigenvalue weighted by molar-refractivity contribution is 0.0479. The molecule has 0 N–H and O–H groups in total. The van der Waals surface area contributed by atoms with Gasteiger partial charge in [0.1, 0.15) is 10.7 Å². The zero-order chi connectivity index (χ0) is 14.2. The highest BCUT2D eigenvalue weighted by Gasteiger charge is 2.27. The molecular weight excluding hydrogens is 302 g/mol. The van der Waals surface area contributed by atoms with Gasteiger partial charge in [-0.2, -0.15) is 0 Å². The third kappa shape index (κ3) is 3.42. The van der Waals surface area contributed by atoms with Crippen LogP contribution in [0.4, 0.5) is 8.78 Å². The number of esters is 1. The molecule has 2 rings (SSSR count). The Kier molecular flexibility index (Phi) is 3.78. The average Bonchev–Trinajstić information content (AvgIpc) is 3.11. The number of carbonyl (C=O) groups is 1. The summed E-state index contributed by atoms with van der Waals surface area (Å²) in [7, 11) is 0.482. The van der Waals surface area contributed by atoms with Crippen molar-refractivity contribution >= 4 is 25.7 Å². The predicted molar refractivity (Wildman–Crippen MR) is 62.4 cm³/mol. The summed E-state index contributed by atoms with van der Waals surface area (Å²) in [5, 5.41) is 0. The largest absolute Gasteiger partial charge is 0.462 e. The van der Waals surface area contributed by atoms with E-state index in [9.17, 15) is 22.0 Å². The number of ether oxygens (including phenoxy) is 1. The monoisotopic (exact) mass is 310 g/mol. The highest BCUT2D eigenvalue weighted by Crippen LogP contribution is 2.29. The van der Waals surface area contributed by atoms with Crippen LogP contribution in [0.2, 0.25) is 0 Å². The van der Waals surface area contributed by atoms with Crippen LogP contribution in [0.25, 0.3) is 0 Å². The van der Waals surface area contributed by atoms with Gasteiger partial charge in [0, 0.05) is 10.7 Å². The zero-order valence-electron chi connectivity index (χ0n) is 9.53. The molecule has 0 saturated heterocycles. The Morgan fingerprint density at radius 3 is 2.53 bits per heavy atom. The first-order chi connectivity index (χ1) is 8.79. The Morgan fingerprint density at radius 1 is 1.37 bits per heavy atom. The van der Waals surface area contributed by atoms with E-state index in [1.165, 1.54) is 0 Å². The van der Waals surface area contributed by atoms with Gasteiger partial charge in [0.05, 0.1) is 12.2 Å². The van der Waals surface area contributed by atoms with E-state index >= 15 is 0 Å². The minimum absolute atomic E-state index is 0.109. The number of halogens is 3. The average molecular weight is 311 g/mol. The molecule has 0 heterocycles. The van der Waals surface area contributed by atoms with Crippen LogP contribution in [0.5, 0.6) is 0 Å². The Morgan fingerprint density at radius 2 is 2.00 bits per heavy atom. The van der Waals surface area contributed by atoms with Gasteiger partial charge in [0.25, 0.3) is 9.05 Å². The van der Waals surface area contributed by atoms with Crippen LogP contribution in [0, 0.1) is 17.6 Å². The Hall–Kier alpha value is -1.21. The first-order valence-electron chi connectivity index (χ1n) is 5.40. The molecule has 1 aliphatic carbocycles. The summed E-state index contributed by atoms with van der Waals surface area (Å²) in [6.07, 6.45) is 1.83. The van der Waals surface area contributed by atoms with Crippen LogP contribution in [0.15, 0.2) is 17.0 Å². The van der Waals surface area contributed by atoms with Gasteiger partial charge >= 0.3 is 5.97 Å². The molecule has 4 nitrogen and oxygen atoms in total. The van der Waals surface area contributed by atoms with Crippen molar-refractivity contribution in [2.45, 2.75) is 17.7 Å². The quantitative estimate of drug-likeness (QED) is 0.633. The molecule has 19 heavy (non-hydrogen) atoms. The van der Waals surface area contributed by atoms with Crippen molar-refractivity contribution in [2.24, 2.45) is 5.92 Å². The minimum atomic E-state index is -4.48. The molecule has 8 heteroatoms. The third-order valence-electron chi connectivity index (χ3n) is 2.63. The topological polar surface area (TPSA) is 60.4 Å². The van der Waals surface area contributed by atoms with Crippen LogP contribution >= 0.6 is 10.7 Å². The number of rotatable bonds is 4. The molecule has 104 valence electrons. The lowest BCUT2D eigenvalue weighted by Gasteiger charge is -2.07. The van der Waals surface area contributed by atoms with Crippen LogP contribution in [-0.4, -0.2) is 21.0 Å². The highest BCUT2D eigenvalue weighted by atomic mass is 35.7. The lowest BCUT2D eigenvalue weighted by Crippen LogP contribution is -2.12. The molecule has 0 bridgehead atoms. The van der Waals surface area contributed by atoms with E-state index in [0.717, 1.165) is 12.8 Å². The second-order valence-corrected chi connectivity index (χ2v) is 6.78. The van der Waals surface area contributed by atoms with Crippen molar-refractivity contribution in [1.82, 2.24) is 0 Å². The molecule has 0 aromatic heterocycles. The van der Waals surface area contributed by atoms with Gasteiger partial charge in [0.2, 0.25) is 0 Å². The third-order valence-corrected chi connectivity index (χ3v) is 3.95. The van der Waals surface area contributed by atoms with Crippen LogP contribution in [0.1, 0.15) is 23.2 Å². The Bertz CT molecular complexity index is 626. The van der Waals surface area contributed by atoms with Crippen LogP contribution in [0.3, 0.4) is 0 Å². The molecule has 1 saturated carbocycles. The molecule has 0 unspecified atom stereocenters. The van der Waals surface area contributed by atoms with E-state index in [4.69, 9.17) is 15.4 Å². The molecule has 1 aromatic rings. The summed E-state index contributed by atoms with van der Waals surface area (Å²) >= 11 is 0. The highest BCUT2D eigenvalue weighted by molar-refractivity contribution is 8.13. The van der Waals surface area contributed by atoms with E-state index in [1.807, 2.05) is 0 Å². The van der Waals surface area contributed by atoms with Gasteiger partial charge < -0.3 is 4.74 Å². The summed E-state index contributed by atoms with van der Waals surface area (Å²) in [6, 6.07) is 0.992. The van der Waals surface area contributed by atoms with Crippen molar-refractivity contribution < 1.29 is 26.7 Å². The van der Waals surface area contributed by atoms with E-state index in [1.54, 1.807) is 0 Å². The Labute approximate surface area is 112 Å². The minimum Gasteiger partial charge on any atom is -0.462 e. The fourth-order valence-electron chi connectivity index (χ4n) is 1.45. The van der Waals surface area contributed by atoms with Crippen molar-refractivity contribution in [3.63, 3.8) is 0 Å². The van der Waals surface area contributed by atoms with E-state index < -0.39 is 37.1 Å². The van der Waals surface area contributed by atoms with Crippen LogP contribution < -0.4 is 0 Å². The van der Waals surface area contributed by atoms with Gasteiger partial charge in [-0.15, -0.1) is 0 Å². The summed E-state index contributed by atoms with van der Waals surface area (Å²) < 4.78 is 53.9. The Balaban J connectivity index is 2.33.